The quantitative estimate of drug-likeness (QED) is 0.389. The minimum atomic E-state index is -0.719. The predicted octanol–water partition coefficient (Wildman–Crippen LogP) is 0.572. The van der Waals surface area contributed by atoms with Crippen molar-refractivity contribution in [1.29, 1.82) is 0 Å². The molecule has 1 aliphatic carbocycles. The molecule has 1 heterocycles. The second-order valence-electron chi connectivity index (χ2n) is 6.24. The molecule has 3 amide bonds. The van der Waals surface area contributed by atoms with Crippen molar-refractivity contribution >= 4 is 29.3 Å². The molecule has 2 fully saturated rings. The number of nitrogens with one attached hydrogen (secondary N) is 3. The van der Waals surface area contributed by atoms with Gasteiger partial charge in [0.1, 0.15) is 5.54 Å². The van der Waals surface area contributed by atoms with Crippen molar-refractivity contribution in [2.75, 3.05) is 27.2 Å². The van der Waals surface area contributed by atoms with Gasteiger partial charge in [0.2, 0.25) is 0 Å². The zero-order chi connectivity index (χ0) is 16.2. The van der Waals surface area contributed by atoms with Gasteiger partial charge in [0, 0.05) is 6.54 Å². The van der Waals surface area contributed by atoms with Gasteiger partial charge in [-0.25, -0.2) is 4.79 Å². The first-order valence-corrected chi connectivity index (χ1v) is 8.21. The summed E-state index contributed by atoms with van der Waals surface area (Å²) in [5, 5.41) is 7.18. The molecule has 2 rings (SSSR count). The highest BCUT2D eigenvalue weighted by molar-refractivity contribution is 7.80. The summed E-state index contributed by atoms with van der Waals surface area (Å²) in [5.74, 6) is -0.213. The fraction of sp³-hybridized carbons (Fsp3) is 0.786. The number of amides is 3. The molecule has 0 aromatic rings. The summed E-state index contributed by atoms with van der Waals surface area (Å²) >= 11 is 5.16. The third-order valence-electron chi connectivity index (χ3n) is 4.15. The third kappa shape index (κ3) is 3.86. The Bertz CT molecular complexity index is 449. The molecule has 1 saturated carbocycles. The lowest BCUT2D eigenvalue weighted by Crippen LogP contribution is -2.53. The number of imide groups is 1. The van der Waals surface area contributed by atoms with Crippen molar-refractivity contribution in [2.45, 2.75) is 44.1 Å². The normalized spacial score (nSPS) is 20.4. The number of thiocarbonyl (C=S) groups is 1. The van der Waals surface area contributed by atoms with Gasteiger partial charge in [-0.1, -0.05) is 19.3 Å². The summed E-state index contributed by atoms with van der Waals surface area (Å²) in [4.78, 5) is 26.7. The first kappa shape index (κ1) is 17.0. The van der Waals surface area contributed by atoms with Gasteiger partial charge in [-0.15, -0.1) is 0 Å². The highest BCUT2D eigenvalue weighted by atomic mass is 32.1. The lowest BCUT2D eigenvalue weighted by Gasteiger charge is -2.30. The molecule has 0 unspecified atom stereocenters. The van der Waals surface area contributed by atoms with Crippen LogP contribution >= 0.6 is 12.2 Å². The number of rotatable bonds is 5. The third-order valence-corrected chi connectivity index (χ3v) is 4.39. The Morgan fingerprint density at radius 1 is 1.32 bits per heavy atom. The first-order valence-electron chi connectivity index (χ1n) is 7.80. The summed E-state index contributed by atoms with van der Waals surface area (Å²) in [6.45, 7) is 1.64. The molecule has 0 aromatic carbocycles. The molecule has 1 aliphatic heterocycles. The van der Waals surface area contributed by atoms with Crippen LogP contribution in [0.15, 0.2) is 0 Å². The van der Waals surface area contributed by atoms with Crippen molar-refractivity contribution < 1.29 is 9.59 Å². The van der Waals surface area contributed by atoms with Crippen LogP contribution in [0.3, 0.4) is 0 Å². The number of hydrogen-bond donors (Lipinski definition) is 3. The van der Waals surface area contributed by atoms with E-state index in [1.807, 2.05) is 14.1 Å². The van der Waals surface area contributed by atoms with E-state index in [0.717, 1.165) is 37.2 Å². The Labute approximate surface area is 136 Å². The minimum absolute atomic E-state index is 0.213. The van der Waals surface area contributed by atoms with Crippen LogP contribution in [0.1, 0.15) is 38.5 Å². The van der Waals surface area contributed by atoms with Gasteiger partial charge in [0.25, 0.3) is 5.91 Å². The molecule has 0 radical (unpaired) electrons. The number of hydrogen-bond acceptors (Lipinski definition) is 4. The van der Waals surface area contributed by atoms with Crippen LogP contribution < -0.4 is 16.1 Å². The molecular formula is C14H25N5O2S. The maximum absolute atomic E-state index is 12.5. The summed E-state index contributed by atoms with van der Waals surface area (Å²) in [6, 6.07) is -0.413. The molecule has 22 heavy (non-hydrogen) atoms. The lowest BCUT2D eigenvalue weighted by molar-refractivity contribution is -0.133. The number of hydrazine groups is 1. The van der Waals surface area contributed by atoms with Crippen molar-refractivity contribution in [3.8, 4) is 0 Å². The monoisotopic (exact) mass is 327 g/mol. The molecule has 3 N–H and O–H groups in total. The molecule has 7 nitrogen and oxygen atoms in total. The SMILES string of the molecule is CN(C)CCCNC(=S)NN1C(=O)NC2(CCCCC2)C1=O. The van der Waals surface area contributed by atoms with E-state index in [9.17, 15) is 9.59 Å². The number of nitrogens with zero attached hydrogens (tertiary/aromatic N) is 2. The van der Waals surface area contributed by atoms with Gasteiger partial charge in [0.05, 0.1) is 0 Å². The van der Waals surface area contributed by atoms with E-state index in [0.29, 0.717) is 24.5 Å². The number of carbonyl (C=O) groups is 2. The van der Waals surface area contributed by atoms with Gasteiger partial charge in [-0.2, -0.15) is 5.01 Å². The summed E-state index contributed by atoms with van der Waals surface area (Å²) in [6.07, 6.45) is 5.39. The topological polar surface area (TPSA) is 76.7 Å². The second-order valence-corrected chi connectivity index (χ2v) is 6.65. The molecule has 124 valence electrons. The summed E-state index contributed by atoms with van der Waals surface area (Å²) in [7, 11) is 4.01. The molecule has 2 aliphatic rings. The van der Waals surface area contributed by atoms with Crippen LogP contribution in [0.5, 0.6) is 0 Å². The zero-order valence-electron chi connectivity index (χ0n) is 13.3. The Kier molecular flexibility index (Phi) is 5.57. The maximum Gasteiger partial charge on any atom is 0.344 e. The summed E-state index contributed by atoms with van der Waals surface area (Å²) < 4.78 is 0. The van der Waals surface area contributed by atoms with Gasteiger partial charge in [-0.3, -0.25) is 10.2 Å². The Hall–Kier alpha value is -1.41. The van der Waals surface area contributed by atoms with Crippen molar-refractivity contribution in [3.05, 3.63) is 0 Å². The highest BCUT2D eigenvalue weighted by Gasteiger charge is 2.51. The average molecular weight is 327 g/mol. The molecule has 1 saturated heterocycles. The van der Waals surface area contributed by atoms with Crippen molar-refractivity contribution in [3.63, 3.8) is 0 Å². The van der Waals surface area contributed by atoms with Gasteiger partial charge >= 0.3 is 6.03 Å². The largest absolute Gasteiger partial charge is 0.361 e. The average Bonchev–Trinajstić information content (AvgIpc) is 2.69. The first-order chi connectivity index (χ1) is 10.4. The number of carbonyl (C=O) groups excluding carboxylic acids is 2. The van der Waals surface area contributed by atoms with Gasteiger partial charge in [-0.05, 0) is 52.1 Å². The van der Waals surface area contributed by atoms with Crippen LogP contribution in [-0.4, -0.2) is 59.7 Å². The number of urea groups is 1. The fourth-order valence-electron chi connectivity index (χ4n) is 2.95. The smallest absolute Gasteiger partial charge is 0.344 e. The lowest BCUT2D eigenvalue weighted by atomic mass is 9.82. The molecule has 0 aromatic heterocycles. The van der Waals surface area contributed by atoms with E-state index >= 15 is 0 Å². The van der Waals surface area contributed by atoms with Crippen LogP contribution in [0.4, 0.5) is 4.79 Å². The molecule has 8 heteroatoms. The van der Waals surface area contributed by atoms with Gasteiger partial charge < -0.3 is 15.5 Å². The van der Waals surface area contributed by atoms with Crippen LogP contribution in [0.25, 0.3) is 0 Å². The van der Waals surface area contributed by atoms with E-state index in [4.69, 9.17) is 12.2 Å². The van der Waals surface area contributed by atoms with E-state index in [1.165, 1.54) is 0 Å². The van der Waals surface area contributed by atoms with Crippen LogP contribution in [-0.2, 0) is 4.79 Å². The maximum atomic E-state index is 12.5. The minimum Gasteiger partial charge on any atom is -0.361 e. The molecular weight excluding hydrogens is 302 g/mol. The van der Waals surface area contributed by atoms with E-state index in [1.54, 1.807) is 0 Å². The standard InChI is InChI=1S/C14H25N5O2S/c1-18(2)10-6-9-15-12(22)17-19-11(20)14(16-13(19)21)7-4-3-5-8-14/h3-10H2,1-2H3,(H,16,21)(H2,15,17,22). The Morgan fingerprint density at radius 2 is 2.00 bits per heavy atom. The fourth-order valence-corrected chi connectivity index (χ4v) is 3.15. The molecule has 1 spiro atoms. The van der Waals surface area contributed by atoms with Crippen LogP contribution in [0, 0.1) is 0 Å². The van der Waals surface area contributed by atoms with E-state index in [2.05, 4.69) is 21.0 Å². The molecule has 0 bridgehead atoms. The van der Waals surface area contributed by atoms with Gasteiger partial charge in [0.15, 0.2) is 5.11 Å². The van der Waals surface area contributed by atoms with E-state index in [-0.39, 0.29) is 5.91 Å². The zero-order valence-corrected chi connectivity index (χ0v) is 14.1. The molecule has 0 atom stereocenters. The van der Waals surface area contributed by atoms with Crippen molar-refractivity contribution in [2.24, 2.45) is 0 Å². The summed E-state index contributed by atoms with van der Waals surface area (Å²) in [5.41, 5.74) is 2.00. The highest BCUT2D eigenvalue weighted by Crippen LogP contribution is 2.32. The second kappa shape index (κ2) is 7.23. The Balaban J connectivity index is 1.83. The predicted molar refractivity (Wildman–Crippen MR) is 88.1 cm³/mol. The Morgan fingerprint density at radius 3 is 2.64 bits per heavy atom. The van der Waals surface area contributed by atoms with Crippen molar-refractivity contribution in [1.82, 2.24) is 26.0 Å². The van der Waals surface area contributed by atoms with E-state index < -0.39 is 11.6 Å². The van der Waals surface area contributed by atoms with Crippen LogP contribution in [0.2, 0.25) is 0 Å².